The van der Waals surface area contributed by atoms with Crippen molar-refractivity contribution in [3.63, 3.8) is 0 Å². The van der Waals surface area contributed by atoms with Crippen LogP contribution in [0, 0.1) is 0 Å². The van der Waals surface area contributed by atoms with Gasteiger partial charge in [0.2, 0.25) is 0 Å². The number of aliphatic carboxylic acids is 1. The van der Waals surface area contributed by atoms with Crippen LogP contribution < -0.4 is 5.32 Å². The monoisotopic (exact) mass is 344 g/mol. The van der Waals surface area contributed by atoms with E-state index in [-0.39, 0.29) is 12.3 Å². The van der Waals surface area contributed by atoms with Crippen LogP contribution in [0.25, 0.3) is 11.3 Å². The summed E-state index contributed by atoms with van der Waals surface area (Å²) in [6.45, 7) is 0. The first kappa shape index (κ1) is 16.5. The van der Waals surface area contributed by atoms with Crippen LogP contribution in [-0.4, -0.2) is 27.5 Å². The molecular weight excluding hydrogens is 328 g/mol. The minimum atomic E-state index is -0.914. The van der Waals surface area contributed by atoms with E-state index in [2.05, 4.69) is 10.3 Å². The number of halogens is 1. The van der Waals surface area contributed by atoms with E-state index in [9.17, 15) is 9.59 Å². The number of carbonyl (C=O) groups is 2. The normalized spacial score (nSPS) is 15.4. The smallest absolute Gasteiger partial charge is 0.305 e. The molecule has 0 radical (unpaired) electrons. The van der Waals surface area contributed by atoms with Crippen LogP contribution in [0.4, 0.5) is 0 Å². The van der Waals surface area contributed by atoms with Gasteiger partial charge in [-0.05, 0) is 43.5 Å². The van der Waals surface area contributed by atoms with Gasteiger partial charge in [-0.15, -0.1) is 0 Å². The van der Waals surface area contributed by atoms with E-state index in [0.717, 1.165) is 17.7 Å². The lowest BCUT2D eigenvalue weighted by molar-refractivity contribution is -0.139. The number of carboxylic acids is 1. The predicted molar refractivity (Wildman–Crippen MR) is 91.0 cm³/mol. The molecule has 1 aliphatic rings. The molecule has 1 aromatic heterocycles. The number of pyridine rings is 1. The van der Waals surface area contributed by atoms with E-state index in [0.29, 0.717) is 23.4 Å². The third kappa shape index (κ3) is 3.41. The van der Waals surface area contributed by atoms with Gasteiger partial charge >= 0.3 is 5.97 Å². The van der Waals surface area contributed by atoms with Crippen LogP contribution in [0.3, 0.4) is 0 Å². The molecule has 0 atom stereocenters. The van der Waals surface area contributed by atoms with Gasteiger partial charge in [-0.1, -0.05) is 23.7 Å². The molecule has 1 fully saturated rings. The Morgan fingerprint density at radius 1 is 1.25 bits per heavy atom. The number of carbonyl (C=O) groups excluding carboxylic acids is 1. The second-order valence-electron chi connectivity index (χ2n) is 6.07. The fourth-order valence-electron chi connectivity index (χ4n) is 2.94. The Balaban J connectivity index is 1.86. The maximum atomic E-state index is 12.6. The molecule has 2 N–H and O–H groups in total. The minimum absolute atomic E-state index is 0.0731. The van der Waals surface area contributed by atoms with E-state index in [4.69, 9.17) is 16.7 Å². The van der Waals surface area contributed by atoms with Gasteiger partial charge in [-0.2, -0.15) is 0 Å². The summed E-state index contributed by atoms with van der Waals surface area (Å²) in [5.74, 6) is -1.26. The molecule has 0 spiro atoms. The molecule has 1 saturated carbocycles. The third-order valence-corrected chi connectivity index (χ3v) is 4.68. The number of carboxylic acid groups (broad SMARTS) is 1. The summed E-state index contributed by atoms with van der Waals surface area (Å²) in [5, 5.41) is 12.3. The number of nitrogens with zero attached hydrogens (tertiary/aromatic N) is 1. The van der Waals surface area contributed by atoms with Gasteiger partial charge in [-0.25, -0.2) is 0 Å². The Kier molecular flexibility index (Phi) is 4.53. The average Bonchev–Trinajstić information content (AvgIpc) is 2.53. The zero-order valence-corrected chi connectivity index (χ0v) is 13.7. The number of aromatic nitrogens is 1. The molecule has 1 aliphatic carbocycles. The first-order valence-electron chi connectivity index (χ1n) is 7.74. The Bertz CT molecular complexity index is 773. The zero-order valence-electron chi connectivity index (χ0n) is 13.0. The van der Waals surface area contributed by atoms with Gasteiger partial charge < -0.3 is 10.4 Å². The van der Waals surface area contributed by atoms with Crippen molar-refractivity contribution in [2.24, 2.45) is 0 Å². The maximum Gasteiger partial charge on any atom is 0.305 e. The number of rotatable bonds is 5. The maximum absolute atomic E-state index is 12.6. The molecule has 1 aromatic carbocycles. The number of hydrogen-bond donors (Lipinski definition) is 2. The molecule has 6 heteroatoms. The van der Waals surface area contributed by atoms with E-state index in [1.54, 1.807) is 24.4 Å². The van der Waals surface area contributed by atoms with E-state index < -0.39 is 11.5 Å². The van der Waals surface area contributed by atoms with E-state index >= 15 is 0 Å². The SMILES string of the molecule is O=C(O)CC1(NC(=O)c2cc(-c3ccccn3)ccc2Cl)CCC1. The predicted octanol–water partition coefficient (Wildman–Crippen LogP) is 3.53. The first-order valence-corrected chi connectivity index (χ1v) is 8.12. The van der Waals surface area contributed by atoms with Crippen molar-refractivity contribution in [3.8, 4) is 11.3 Å². The van der Waals surface area contributed by atoms with Crippen LogP contribution in [-0.2, 0) is 4.79 Å². The van der Waals surface area contributed by atoms with Crippen molar-refractivity contribution in [2.45, 2.75) is 31.2 Å². The average molecular weight is 345 g/mol. The lowest BCUT2D eigenvalue weighted by Crippen LogP contribution is -2.54. The summed E-state index contributed by atoms with van der Waals surface area (Å²) in [7, 11) is 0. The standard InChI is InChI=1S/C18H17ClN2O3/c19-14-6-5-12(15-4-1-2-9-20-15)10-13(14)17(24)21-18(7-3-8-18)11-16(22)23/h1-2,4-6,9-10H,3,7-8,11H2,(H,21,24)(H,22,23). The minimum Gasteiger partial charge on any atom is -0.481 e. The highest BCUT2D eigenvalue weighted by Crippen LogP contribution is 2.35. The number of nitrogens with one attached hydrogen (secondary N) is 1. The van der Waals surface area contributed by atoms with Crippen molar-refractivity contribution in [1.82, 2.24) is 10.3 Å². The summed E-state index contributed by atoms with van der Waals surface area (Å²) < 4.78 is 0. The molecule has 0 saturated heterocycles. The highest BCUT2D eigenvalue weighted by atomic mass is 35.5. The highest BCUT2D eigenvalue weighted by Gasteiger charge is 2.40. The summed E-state index contributed by atoms with van der Waals surface area (Å²) in [4.78, 5) is 27.9. The van der Waals surface area contributed by atoms with Crippen molar-refractivity contribution in [3.05, 3.63) is 53.2 Å². The van der Waals surface area contributed by atoms with Crippen LogP contribution >= 0.6 is 11.6 Å². The van der Waals surface area contributed by atoms with Crippen LogP contribution in [0.1, 0.15) is 36.0 Å². The lowest BCUT2D eigenvalue weighted by atomic mass is 9.74. The molecular formula is C18H17ClN2O3. The molecule has 0 bridgehead atoms. The topological polar surface area (TPSA) is 79.3 Å². The first-order chi connectivity index (χ1) is 11.5. The molecule has 124 valence electrons. The van der Waals surface area contributed by atoms with Gasteiger partial charge in [-0.3, -0.25) is 14.6 Å². The van der Waals surface area contributed by atoms with Gasteiger partial charge in [0.25, 0.3) is 5.91 Å². The summed E-state index contributed by atoms with van der Waals surface area (Å²) in [6, 6.07) is 10.7. The second-order valence-corrected chi connectivity index (χ2v) is 6.48. The summed E-state index contributed by atoms with van der Waals surface area (Å²) in [6.07, 6.45) is 3.86. The number of hydrogen-bond acceptors (Lipinski definition) is 3. The molecule has 0 unspecified atom stereocenters. The summed E-state index contributed by atoms with van der Waals surface area (Å²) >= 11 is 6.18. The van der Waals surface area contributed by atoms with Crippen molar-refractivity contribution in [1.29, 1.82) is 0 Å². The molecule has 24 heavy (non-hydrogen) atoms. The highest BCUT2D eigenvalue weighted by molar-refractivity contribution is 6.34. The van der Waals surface area contributed by atoms with E-state index in [1.165, 1.54) is 0 Å². The fraction of sp³-hybridized carbons (Fsp3) is 0.278. The largest absolute Gasteiger partial charge is 0.481 e. The third-order valence-electron chi connectivity index (χ3n) is 4.35. The fourth-order valence-corrected chi connectivity index (χ4v) is 3.14. The Hall–Kier alpha value is -2.40. The lowest BCUT2D eigenvalue weighted by Gasteiger charge is -2.41. The zero-order chi connectivity index (χ0) is 17.2. The van der Waals surface area contributed by atoms with Crippen LogP contribution in [0.15, 0.2) is 42.6 Å². The van der Waals surface area contributed by atoms with Crippen molar-refractivity contribution >= 4 is 23.5 Å². The Morgan fingerprint density at radius 3 is 2.62 bits per heavy atom. The Labute approximate surface area is 144 Å². The van der Waals surface area contributed by atoms with Crippen LogP contribution in [0.2, 0.25) is 5.02 Å². The van der Waals surface area contributed by atoms with Gasteiger partial charge in [0, 0.05) is 11.8 Å². The molecule has 5 nitrogen and oxygen atoms in total. The van der Waals surface area contributed by atoms with Crippen LogP contribution in [0.5, 0.6) is 0 Å². The molecule has 3 rings (SSSR count). The number of amides is 1. The Morgan fingerprint density at radius 2 is 2.04 bits per heavy atom. The molecule has 1 heterocycles. The second kappa shape index (κ2) is 6.61. The molecule has 2 aromatic rings. The quantitative estimate of drug-likeness (QED) is 0.869. The molecule has 1 amide bonds. The van der Waals surface area contributed by atoms with Gasteiger partial charge in [0.1, 0.15) is 0 Å². The van der Waals surface area contributed by atoms with Crippen molar-refractivity contribution < 1.29 is 14.7 Å². The van der Waals surface area contributed by atoms with Gasteiger partial charge in [0.05, 0.1) is 28.2 Å². The summed E-state index contributed by atoms with van der Waals surface area (Å²) in [5.41, 5.74) is 1.20. The number of benzene rings is 1. The van der Waals surface area contributed by atoms with Crippen molar-refractivity contribution in [2.75, 3.05) is 0 Å². The van der Waals surface area contributed by atoms with E-state index in [1.807, 2.05) is 18.2 Å². The van der Waals surface area contributed by atoms with Gasteiger partial charge in [0.15, 0.2) is 0 Å². The molecule has 0 aliphatic heterocycles.